The van der Waals surface area contributed by atoms with Crippen LogP contribution in [0.25, 0.3) is 0 Å². The number of nitrogens with one attached hydrogen (secondary N) is 2. The fraction of sp³-hybridized carbons (Fsp3) is 0.476. The molecule has 1 aliphatic heterocycles. The highest BCUT2D eigenvalue weighted by Crippen LogP contribution is 2.29. The molecule has 7 nitrogen and oxygen atoms in total. The highest BCUT2D eigenvalue weighted by Gasteiger charge is 2.22. The van der Waals surface area contributed by atoms with Crippen molar-refractivity contribution in [3.8, 4) is 0 Å². The summed E-state index contributed by atoms with van der Waals surface area (Å²) in [5, 5.41) is 6.19. The first-order chi connectivity index (χ1) is 14.2. The molecule has 2 aliphatic rings. The lowest BCUT2D eigenvalue weighted by Gasteiger charge is -2.34. The number of anilines is 1. The maximum absolute atomic E-state index is 12.4. The number of amides is 3. The summed E-state index contributed by atoms with van der Waals surface area (Å²) in [6.07, 6.45) is 4.40. The third-order valence-corrected chi connectivity index (χ3v) is 6.47. The van der Waals surface area contributed by atoms with E-state index in [9.17, 15) is 9.59 Å². The Bertz CT molecular complexity index is 823. The summed E-state index contributed by atoms with van der Waals surface area (Å²) in [7, 11) is 0. The van der Waals surface area contributed by atoms with Crippen molar-refractivity contribution < 1.29 is 9.59 Å². The molecule has 2 N–H and O–H groups in total. The van der Waals surface area contributed by atoms with Crippen LogP contribution in [0.1, 0.15) is 29.0 Å². The molecule has 0 bridgehead atoms. The number of thiazole rings is 1. The second-order valence-electron chi connectivity index (χ2n) is 7.55. The zero-order valence-corrected chi connectivity index (χ0v) is 17.3. The van der Waals surface area contributed by atoms with Gasteiger partial charge in [-0.3, -0.25) is 9.69 Å². The first-order valence-corrected chi connectivity index (χ1v) is 11.1. The Kier molecular flexibility index (Phi) is 6.41. The van der Waals surface area contributed by atoms with Gasteiger partial charge >= 0.3 is 6.03 Å². The number of carbonyl (C=O) groups excluding carboxylic acids is 2. The summed E-state index contributed by atoms with van der Waals surface area (Å²) in [4.78, 5) is 34.5. The maximum Gasteiger partial charge on any atom is 0.317 e. The van der Waals surface area contributed by atoms with E-state index in [1.165, 1.54) is 23.3 Å². The normalized spacial score (nSPS) is 16.9. The van der Waals surface area contributed by atoms with Gasteiger partial charge in [0.15, 0.2) is 5.13 Å². The predicted molar refractivity (Wildman–Crippen MR) is 114 cm³/mol. The Morgan fingerprint density at radius 1 is 1.03 bits per heavy atom. The number of benzene rings is 1. The van der Waals surface area contributed by atoms with E-state index in [-0.39, 0.29) is 18.5 Å². The van der Waals surface area contributed by atoms with E-state index in [0.717, 1.165) is 38.2 Å². The average molecular weight is 414 g/mol. The zero-order chi connectivity index (χ0) is 20.1. The quantitative estimate of drug-likeness (QED) is 0.790. The van der Waals surface area contributed by atoms with E-state index >= 15 is 0 Å². The van der Waals surface area contributed by atoms with Crippen LogP contribution in [0.4, 0.5) is 9.93 Å². The van der Waals surface area contributed by atoms with Gasteiger partial charge in [0.2, 0.25) is 5.91 Å². The van der Waals surface area contributed by atoms with E-state index < -0.39 is 0 Å². The van der Waals surface area contributed by atoms with Gasteiger partial charge in [-0.2, -0.15) is 0 Å². The summed E-state index contributed by atoms with van der Waals surface area (Å²) in [6, 6.07) is 10.2. The third kappa shape index (κ3) is 5.33. The fourth-order valence-electron chi connectivity index (χ4n) is 3.79. The summed E-state index contributed by atoms with van der Waals surface area (Å²) >= 11 is 1.56. The first kappa shape index (κ1) is 19.8. The number of carbonyl (C=O) groups is 2. The van der Waals surface area contributed by atoms with E-state index in [0.29, 0.717) is 18.2 Å². The van der Waals surface area contributed by atoms with E-state index in [1.54, 1.807) is 16.2 Å². The van der Waals surface area contributed by atoms with Gasteiger partial charge in [0, 0.05) is 37.6 Å². The maximum atomic E-state index is 12.4. The van der Waals surface area contributed by atoms with E-state index in [2.05, 4.69) is 32.7 Å². The molecule has 2 aromatic rings. The van der Waals surface area contributed by atoms with Gasteiger partial charge < -0.3 is 15.5 Å². The molecule has 0 radical (unpaired) electrons. The van der Waals surface area contributed by atoms with Crippen molar-refractivity contribution in [1.82, 2.24) is 20.1 Å². The third-order valence-electron chi connectivity index (χ3n) is 5.40. The number of fused-ring (bicyclic) bond motifs is 1. The number of nitrogens with zero attached hydrogens (tertiary/aromatic N) is 3. The highest BCUT2D eigenvalue weighted by atomic mass is 32.1. The van der Waals surface area contributed by atoms with Crippen molar-refractivity contribution in [2.24, 2.45) is 0 Å². The van der Waals surface area contributed by atoms with Gasteiger partial charge in [-0.1, -0.05) is 30.3 Å². The number of piperazine rings is 1. The summed E-state index contributed by atoms with van der Waals surface area (Å²) in [5.41, 5.74) is 2.40. The predicted octanol–water partition coefficient (Wildman–Crippen LogP) is 2.49. The van der Waals surface area contributed by atoms with Crippen LogP contribution in [-0.2, 0) is 24.2 Å². The van der Waals surface area contributed by atoms with Gasteiger partial charge in [-0.15, -0.1) is 11.3 Å². The van der Waals surface area contributed by atoms with Crippen LogP contribution >= 0.6 is 11.3 Å². The molecule has 154 valence electrons. The lowest BCUT2D eigenvalue weighted by Crippen LogP contribution is -2.52. The van der Waals surface area contributed by atoms with Crippen molar-refractivity contribution in [3.63, 3.8) is 0 Å². The fourth-order valence-corrected chi connectivity index (χ4v) is 4.85. The molecule has 1 aliphatic carbocycles. The molecule has 29 heavy (non-hydrogen) atoms. The minimum absolute atomic E-state index is 0.0344. The molecule has 8 heteroatoms. The number of rotatable bonds is 5. The van der Waals surface area contributed by atoms with Crippen LogP contribution in [0.5, 0.6) is 0 Å². The Morgan fingerprint density at radius 2 is 1.79 bits per heavy atom. The van der Waals surface area contributed by atoms with E-state index in [4.69, 9.17) is 0 Å². The second kappa shape index (κ2) is 9.37. The highest BCUT2D eigenvalue weighted by molar-refractivity contribution is 7.15. The van der Waals surface area contributed by atoms with Gasteiger partial charge in [-0.05, 0) is 31.2 Å². The molecular weight excluding hydrogens is 386 g/mol. The molecule has 0 spiro atoms. The van der Waals surface area contributed by atoms with Gasteiger partial charge in [0.25, 0.3) is 0 Å². The van der Waals surface area contributed by atoms with E-state index in [1.807, 2.05) is 18.2 Å². The topological polar surface area (TPSA) is 77.6 Å². The summed E-state index contributed by atoms with van der Waals surface area (Å²) < 4.78 is 0. The Morgan fingerprint density at radius 3 is 2.55 bits per heavy atom. The smallest absolute Gasteiger partial charge is 0.317 e. The van der Waals surface area contributed by atoms with Gasteiger partial charge in [0.05, 0.1) is 12.2 Å². The lowest BCUT2D eigenvalue weighted by atomic mass is 10.0. The van der Waals surface area contributed by atoms with Gasteiger partial charge in [0.1, 0.15) is 0 Å². The molecule has 2 heterocycles. The Balaban J connectivity index is 1.18. The molecule has 1 aromatic heterocycles. The second-order valence-corrected chi connectivity index (χ2v) is 8.64. The number of urea groups is 1. The average Bonchev–Trinajstić information content (AvgIpc) is 3.15. The number of hydrogen-bond donors (Lipinski definition) is 2. The Labute approximate surface area is 175 Å². The van der Waals surface area contributed by atoms with Crippen LogP contribution in [-0.4, -0.2) is 59.4 Å². The number of hydrogen-bond acceptors (Lipinski definition) is 5. The summed E-state index contributed by atoms with van der Waals surface area (Å²) in [5.74, 6) is -0.229. The number of aryl methyl sites for hydroxylation is 2. The monoisotopic (exact) mass is 413 g/mol. The van der Waals surface area contributed by atoms with Crippen LogP contribution in [0.3, 0.4) is 0 Å². The summed E-state index contributed by atoms with van der Waals surface area (Å²) in [6.45, 7) is 3.86. The molecule has 0 atom stereocenters. The molecule has 4 rings (SSSR count). The minimum Gasteiger partial charge on any atom is -0.329 e. The number of aromatic nitrogens is 1. The standard InChI is InChI=1S/C21H27N5O2S/c27-19(24-20-23-17-8-4-5-9-18(17)29-20)14-22-21(28)26-12-10-25(11-13-26)15-16-6-2-1-3-7-16/h1-3,6-7H,4-5,8-15H2,(H,22,28)(H,23,24,27). The van der Waals surface area contributed by atoms with Crippen LogP contribution in [0.15, 0.2) is 30.3 Å². The van der Waals surface area contributed by atoms with Crippen molar-refractivity contribution >= 4 is 28.4 Å². The lowest BCUT2D eigenvalue weighted by molar-refractivity contribution is -0.115. The molecule has 1 aromatic carbocycles. The van der Waals surface area contributed by atoms with Crippen LogP contribution < -0.4 is 10.6 Å². The minimum atomic E-state index is -0.229. The molecule has 1 fully saturated rings. The first-order valence-electron chi connectivity index (χ1n) is 10.2. The Hall–Kier alpha value is -2.45. The molecule has 3 amide bonds. The molecular formula is C21H27N5O2S. The SMILES string of the molecule is O=C(CNC(=O)N1CCN(Cc2ccccc2)CC1)Nc1nc2c(s1)CCCC2. The zero-order valence-electron chi connectivity index (χ0n) is 16.5. The van der Waals surface area contributed by atoms with Crippen LogP contribution in [0, 0.1) is 0 Å². The van der Waals surface area contributed by atoms with Gasteiger partial charge in [-0.25, -0.2) is 9.78 Å². The van der Waals surface area contributed by atoms with Crippen molar-refractivity contribution in [3.05, 3.63) is 46.5 Å². The van der Waals surface area contributed by atoms with Crippen molar-refractivity contribution in [2.75, 3.05) is 38.0 Å². The molecule has 0 saturated carbocycles. The van der Waals surface area contributed by atoms with Crippen molar-refractivity contribution in [1.29, 1.82) is 0 Å². The molecule has 0 unspecified atom stereocenters. The van der Waals surface area contributed by atoms with Crippen LogP contribution in [0.2, 0.25) is 0 Å². The van der Waals surface area contributed by atoms with Crippen molar-refractivity contribution in [2.45, 2.75) is 32.2 Å². The largest absolute Gasteiger partial charge is 0.329 e. The molecule has 1 saturated heterocycles.